The van der Waals surface area contributed by atoms with Gasteiger partial charge in [0.1, 0.15) is 11.5 Å². The first-order chi connectivity index (χ1) is 12.2. The van der Waals surface area contributed by atoms with Gasteiger partial charge in [-0.2, -0.15) is 0 Å². The van der Waals surface area contributed by atoms with Gasteiger partial charge in [0.05, 0.1) is 34.7 Å². The van der Waals surface area contributed by atoms with E-state index >= 15 is 0 Å². The number of furan rings is 1. The number of benzene rings is 2. The molecule has 0 spiro atoms. The Balaban J connectivity index is 2.04. The molecule has 4 aromatic rings. The molecule has 4 rings (SSSR count). The Morgan fingerprint density at radius 1 is 0.760 bits per heavy atom. The molecule has 0 amide bonds. The standard InChI is InChI=1S/C19H14O4S2/c1-21-13-9-5-3-7-11(13)15-17-18(25-19(20)24-17)16(23-15)12-8-4-6-10-14(12)22-2/h3-10H,1-2H3. The normalized spacial score (nSPS) is 11.0. The first-order valence-electron chi connectivity index (χ1n) is 7.56. The number of fused-ring (bicyclic) bond motifs is 1. The van der Waals surface area contributed by atoms with E-state index < -0.39 is 0 Å². The fourth-order valence-corrected chi connectivity index (χ4v) is 4.90. The molecule has 0 unspecified atom stereocenters. The summed E-state index contributed by atoms with van der Waals surface area (Å²) in [5.41, 5.74) is 1.65. The molecule has 0 radical (unpaired) electrons. The van der Waals surface area contributed by atoms with Gasteiger partial charge >= 0.3 is 0 Å². The van der Waals surface area contributed by atoms with E-state index in [0.717, 1.165) is 20.5 Å². The SMILES string of the molecule is COc1ccccc1-c1oc(-c2ccccc2OC)c2sc(=O)sc12. The molecule has 0 saturated heterocycles. The average molecular weight is 370 g/mol. The number of methoxy groups -OCH3 is 2. The monoisotopic (exact) mass is 370 g/mol. The van der Waals surface area contributed by atoms with Crippen molar-refractivity contribution in [1.82, 2.24) is 0 Å². The minimum atomic E-state index is 0.0353. The van der Waals surface area contributed by atoms with Crippen LogP contribution in [0.25, 0.3) is 32.0 Å². The van der Waals surface area contributed by atoms with Crippen LogP contribution in [0.5, 0.6) is 11.5 Å². The number of hydrogen-bond donors (Lipinski definition) is 0. The fourth-order valence-electron chi connectivity index (χ4n) is 2.79. The van der Waals surface area contributed by atoms with Gasteiger partial charge in [0.2, 0.25) is 0 Å². The molecule has 0 aliphatic heterocycles. The highest BCUT2D eigenvalue weighted by molar-refractivity contribution is 7.36. The van der Waals surface area contributed by atoms with Crippen molar-refractivity contribution in [2.45, 2.75) is 0 Å². The smallest absolute Gasteiger partial charge is 0.288 e. The van der Waals surface area contributed by atoms with Gasteiger partial charge < -0.3 is 13.9 Å². The van der Waals surface area contributed by atoms with Crippen LogP contribution in [0.15, 0.2) is 57.7 Å². The van der Waals surface area contributed by atoms with Crippen LogP contribution in [0, 0.1) is 0 Å². The van der Waals surface area contributed by atoms with Gasteiger partial charge in [-0.25, -0.2) is 0 Å². The highest BCUT2D eigenvalue weighted by Crippen LogP contribution is 2.46. The van der Waals surface area contributed by atoms with Crippen LogP contribution >= 0.6 is 22.7 Å². The molecule has 126 valence electrons. The molecule has 0 bridgehead atoms. The largest absolute Gasteiger partial charge is 0.496 e. The average Bonchev–Trinajstić information content (AvgIpc) is 3.19. The number of hydrogen-bond acceptors (Lipinski definition) is 6. The van der Waals surface area contributed by atoms with E-state index in [-0.39, 0.29) is 4.06 Å². The third-order valence-corrected chi connectivity index (χ3v) is 6.05. The Morgan fingerprint density at radius 3 is 1.64 bits per heavy atom. The lowest BCUT2D eigenvalue weighted by atomic mass is 10.1. The van der Waals surface area contributed by atoms with Crippen LogP contribution in [0.3, 0.4) is 0 Å². The fraction of sp³-hybridized carbons (Fsp3) is 0.105. The van der Waals surface area contributed by atoms with E-state index in [9.17, 15) is 4.79 Å². The van der Waals surface area contributed by atoms with E-state index in [4.69, 9.17) is 13.9 Å². The van der Waals surface area contributed by atoms with Gasteiger partial charge in [-0.1, -0.05) is 46.9 Å². The quantitative estimate of drug-likeness (QED) is 0.491. The van der Waals surface area contributed by atoms with Crippen molar-refractivity contribution in [1.29, 1.82) is 0 Å². The maximum absolute atomic E-state index is 12.1. The summed E-state index contributed by atoms with van der Waals surface area (Å²) in [6.07, 6.45) is 0. The molecule has 6 heteroatoms. The molecule has 0 N–H and O–H groups in total. The zero-order valence-corrected chi connectivity index (χ0v) is 15.2. The number of para-hydroxylation sites is 2. The van der Waals surface area contributed by atoms with Crippen LogP contribution in [-0.2, 0) is 0 Å². The maximum atomic E-state index is 12.1. The van der Waals surface area contributed by atoms with Crippen LogP contribution in [-0.4, -0.2) is 14.2 Å². The van der Waals surface area contributed by atoms with Crippen LogP contribution in [0.2, 0.25) is 0 Å². The highest BCUT2D eigenvalue weighted by Gasteiger charge is 2.23. The topological polar surface area (TPSA) is 48.7 Å². The van der Waals surface area contributed by atoms with Crippen LogP contribution < -0.4 is 13.5 Å². The Labute approximate surface area is 151 Å². The zero-order chi connectivity index (χ0) is 17.4. The summed E-state index contributed by atoms with van der Waals surface area (Å²) in [7, 11) is 3.24. The lowest BCUT2D eigenvalue weighted by Gasteiger charge is -2.07. The second kappa shape index (κ2) is 6.38. The molecule has 0 saturated carbocycles. The Hall–Kier alpha value is -2.57. The van der Waals surface area contributed by atoms with Gasteiger partial charge in [0.25, 0.3) is 4.06 Å². The summed E-state index contributed by atoms with van der Waals surface area (Å²) in [4.78, 5) is 12.1. The summed E-state index contributed by atoms with van der Waals surface area (Å²) in [6.45, 7) is 0. The predicted molar refractivity (Wildman–Crippen MR) is 102 cm³/mol. The van der Waals surface area contributed by atoms with E-state index in [0.29, 0.717) is 23.0 Å². The van der Waals surface area contributed by atoms with Gasteiger partial charge in [-0.05, 0) is 24.3 Å². The minimum absolute atomic E-state index is 0.0353. The van der Waals surface area contributed by atoms with E-state index in [1.54, 1.807) is 14.2 Å². The van der Waals surface area contributed by atoms with E-state index in [2.05, 4.69) is 0 Å². The zero-order valence-electron chi connectivity index (χ0n) is 13.6. The lowest BCUT2D eigenvalue weighted by Crippen LogP contribution is -1.87. The molecule has 2 heterocycles. The van der Waals surface area contributed by atoms with Gasteiger partial charge in [-0.3, -0.25) is 4.79 Å². The second-order valence-corrected chi connectivity index (χ2v) is 7.50. The summed E-state index contributed by atoms with van der Waals surface area (Å²) < 4.78 is 18.9. The first kappa shape index (κ1) is 15.9. The van der Waals surface area contributed by atoms with Crippen molar-refractivity contribution in [3.8, 4) is 34.1 Å². The highest BCUT2D eigenvalue weighted by atomic mass is 32.2. The summed E-state index contributed by atoms with van der Waals surface area (Å²) >= 11 is 2.39. The summed E-state index contributed by atoms with van der Waals surface area (Å²) in [5.74, 6) is 2.71. The molecule has 2 aromatic heterocycles. The number of ether oxygens (including phenoxy) is 2. The van der Waals surface area contributed by atoms with Crippen LogP contribution in [0.1, 0.15) is 0 Å². The van der Waals surface area contributed by atoms with Gasteiger partial charge in [0, 0.05) is 0 Å². The van der Waals surface area contributed by atoms with Gasteiger partial charge in [-0.15, -0.1) is 0 Å². The van der Waals surface area contributed by atoms with Gasteiger partial charge in [0.15, 0.2) is 11.5 Å². The summed E-state index contributed by atoms with van der Waals surface area (Å²) in [5, 5.41) is 0. The van der Waals surface area contributed by atoms with E-state index in [1.807, 2.05) is 48.5 Å². The van der Waals surface area contributed by atoms with Crippen molar-refractivity contribution < 1.29 is 13.9 Å². The predicted octanol–water partition coefficient (Wildman–Crippen LogP) is 5.27. The molecule has 25 heavy (non-hydrogen) atoms. The van der Waals surface area contributed by atoms with Crippen molar-refractivity contribution in [3.63, 3.8) is 0 Å². The number of rotatable bonds is 4. The summed E-state index contributed by atoms with van der Waals surface area (Å²) in [6, 6.07) is 15.3. The molecule has 0 fully saturated rings. The lowest BCUT2D eigenvalue weighted by molar-refractivity contribution is 0.413. The molecular weight excluding hydrogens is 356 g/mol. The molecular formula is C19H14O4S2. The minimum Gasteiger partial charge on any atom is -0.496 e. The molecule has 4 nitrogen and oxygen atoms in total. The molecule has 0 aliphatic rings. The van der Waals surface area contributed by atoms with Crippen molar-refractivity contribution in [2.24, 2.45) is 0 Å². The third kappa shape index (κ3) is 2.63. The second-order valence-electron chi connectivity index (χ2n) is 5.27. The Morgan fingerprint density at radius 2 is 1.20 bits per heavy atom. The molecule has 2 aromatic carbocycles. The maximum Gasteiger partial charge on any atom is 0.288 e. The first-order valence-corrected chi connectivity index (χ1v) is 9.19. The van der Waals surface area contributed by atoms with Crippen molar-refractivity contribution in [3.05, 3.63) is 57.4 Å². The Kier molecular flexibility index (Phi) is 4.07. The van der Waals surface area contributed by atoms with Crippen molar-refractivity contribution >= 4 is 32.1 Å². The van der Waals surface area contributed by atoms with Crippen molar-refractivity contribution in [2.75, 3.05) is 14.2 Å². The molecule has 0 aliphatic carbocycles. The Bertz CT molecular complexity index is 1020. The van der Waals surface area contributed by atoms with Crippen LogP contribution in [0.4, 0.5) is 0 Å². The third-order valence-electron chi connectivity index (χ3n) is 3.90. The molecule has 0 atom stereocenters. The van der Waals surface area contributed by atoms with E-state index in [1.165, 1.54) is 22.7 Å².